The summed E-state index contributed by atoms with van der Waals surface area (Å²) in [4.78, 5) is 26.4. The third-order valence-corrected chi connectivity index (χ3v) is 6.19. The van der Waals surface area contributed by atoms with Gasteiger partial charge in [0.2, 0.25) is 0 Å². The molecule has 1 N–H and O–H groups in total. The van der Waals surface area contributed by atoms with Gasteiger partial charge in [0.25, 0.3) is 5.91 Å². The van der Waals surface area contributed by atoms with Crippen LogP contribution in [-0.2, 0) is 4.79 Å². The number of aliphatic hydroxyl groups excluding tert-OH is 1. The zero-order valence-corrected chi connectivity index (χ0v) is 18.5. The maximum Gasteiger partial charge on any atom is 0.251 e. The van der Waals surface area contributed by atoms with Crippen LogP contribution >= 0.6 is 0 Å². The minimum absolute atomic E-state index is 0.0343. The monoisotopic (exact) mass is 418 g/mol. The number of anilines is 1. The fourth-order valence-corrected chi connectivity index (χ4v) is 3.97. The van der Waals surface area contributed by atoms with E-state index >= 15 is 0 Å². The molecule has 6 nitrogen and oxygen atoms in total. The van der Waals surface area contributed by atoms with Crippen LogP contribution in [0.4, 0.5) is 5.82 Å². The molecule has 6 heteroatoms. The number of amides is 1. The molecular weight excluding hydrogens is 388 g/mol. The Hall–Kier alpha value is -2.99. The first kappa shape index (κ1) is 21.2. The molecule has 0 spiro atoms. The fraction of sp³-hybridized carbons (Fsp3) is 0.400. The minimum atomic E-state index is -0.927. The summed E-state index contributed by atoms with van der Waals surface area (Å²) in [6, 6.07) is 16.3. The molecule has 1 aromatic heterocycles. The van der Waals surface area contributed by atoms with Crippen molar-refractivity contribution in [1.29, 1.82) is 0 Å². The van der Waals surface area contributed by atoms with Crippen molar-refractivity contribution in [3.8, 4) is 11.4 Å². The highest BCUT2D eigenvalue weighted by Gasteiger charge is 2.29. The van der Waals surface area contributed by atoms with Crippen LogP contribution in [0, 0.1) is 12.8 Å². The van der Waals surface area contributed by atoms with Gasteiger partial charge in [-0.15, -0.1) is 0 Å². The first-order valence-corrected chi connectivity index (χ1v) is 11.0. The topological polar surface area (TPSA) is 69.6 Å². The highest BCUT2D eigenvalue weighted by molar-refractivity contribution is 5.91. The van der Waals surface area contributed by atoms with E-state index in [1.807, 2.05) is 44.2 Å². The Morgan fingerprint density at radius 3 is 2.45 bits per heavy atom. The number of fused-ring (bicyclic) bond motifs is 1. The lowest BCUT2D eigenvalue weighted by molar-refractivity contribution is -0.143. The van der Waals surface area contributed by atoms with Crippen LogP contribution in [0.5, 0.6) is 0 Å². The number of rotatable bonds is 5. The molecule has 162 valence electrons. The lowest BCUT2D eigenvalue weighted by Gasteiger charge is -2.37. The Morgan fingerprint density at radius 2 is 1.77 bits per heavy atom. The van der Waals surface area contributed by atoms with Crippen LogP contribution in [0.2, 0.25) is 0 Å². The average molecular weight is 419 g/mol. The predicted molar refractivity (Wildman–Crippen MR) is 124 cm³/mol. The molecule has 0 radical (unpaired) electrons. The smallest absolute Gasteiger partial charge is 0.251 e. The van der Waals surface area contributed by atoms with Crippen molar-refractivity contribution < 1.29 is 9.90 Å². The normalized spacial score (nSPS) is 16.4. The molecule has 0 unspecified atom stereocenters. The summed E-state index contributed by atoms with van der Waals surface area (Å²) in [6.07, 6.45) is -0.148. The summed E-state index contributed by atoms with van der Waals surface area (Å²) in [7, 11) is 0. The first-order chi connectivity index (χ1) is 15.0. The third kappa shape index (κ3) is 4.39. The largest absolute Gasteiger partial charge is 0.383 e. The molecule has 1 fully saturated rings. The maximum atomic E-state index is 12.7. The van der Waals surface area contributed by atoms with Gasteiger partial charge in [-0.3, -0.25) is 4.79 Å². The molecule has 1 aliphatic heterocycles. The molecule has 0 aliphatic carbocycles. The van der Waals surface area contributed by atoms with Gasteiger partial charge >= 0.3 is 0 Å². The van der Waals surface area contributed by atoms with Crippen LogP contribution in [-0.4, -0.2) is 58.2 Å². The molecule has 2 aromatic carbocycles. The van der Waals surface area contributed by atoms with E-state index in [0.717, 1.165) is 34.3 Å². The predicted octanol–water partition coefficient (Wildman–Crippen LogP) is 3.66. The van der Waals surface area contributed by atoms with Crippen molar-refractivity contribution in [2.45, 2.75) is 33.3 Å². The van der Waals surface area contributed by atoms with Gasteiger partial charge < -0.3 is 14.9 Å². The number of carbonyl (C=O) groups excluding carboxylic acids is 1. The zero-order chi connectivity index (χ0) is 22.0. The number of aromatic nitrogens is 2. The van der Waals surface area contributed by atoms with Gasteiger partial charge in [-0.1, -0.05) is 56.7 Å². The molecule has 3 aromatic rings. The Morgan fingerprint density at radius 1 is 1.06 bits per heavy atom. The van der Waals surface area contributed by atoms with Gasteiger partial charge in [0.1, 0.15) is 11.9 Å². The van der Waals surface area contributed by atoms with Crippen molar-refractivity contribution >= 4 is 22.6 Å². The van der Waals surface area contributed by atoms with E-state index in [9.17, 15) is 9.90 Å². The average Bonchev–Trinajstić information content (AvgIpc) is 2.82. The highest BCUT2D eigenvalue weighted by atomic mass is 16.3. The number of hydrogen-bond acceptors (Lipinski definition) is 5. The molecule has 4 rings (SSSR count). The van der Waals surface area contributed by atoms with Crippen LogP contribution in [0.15, 0.2) is 48.5 Å². The molecule has 2 atom stereocenters. The highest BCUT2D eigenvalue weighted by Crippen LogP contribution is 2.29. The summed E-state index contributed by atoms with van der Waals surface area (Å²) < 4.78 is 0. The molecule has 0 bridgehead atoms. The zero-order valence-electron chi connectivity index (χ0n) is 18.5. The molecule has 1 amide bonds. The van der Waals surface area contributed by atoms with Gasteiger partial charge in [0, 0.05) is 37.1 Å². The maximum absolute atomic E-state index is 12.7. The summed E-state index contributed by atoms with van der Waals surface area (Å²) in [6.45, 7) is 8.47. The minimum Gasteiger partial charge on any atom is -0.383 e. The number of aryl methyl sites for hydroxylation is 1. The van der Waals surface area contributed by atoms with Crippen LogP contribution in [0.1, 0.15) is 25.8 Å². The second-order valence-electron chi connectivity index (χ2n) is 8.40. The second kappa shape index (κ2) is 9.02. The van der Waals surface area contributed by atoms with Crippen LogP contribution in [0.25, 0.3) is 22.3 Å². The van der Waals surface area contributed by atoms with Crippen LogP contribution < -0.4 is 4.90 Å². The van der Waals surface area contributed by atoms with E-state index in [2.05, 4.69) is 30.0 Å². The summed E-state index contributed by atoms with van der Waals surface area (Å²) in [5, 5.41) is 11.3. The van der Waals surface area contributed by atoms with Crippen molar-refractivity contribution in [3.05, 3.63) is 54.1 Å². The Labute approximate surface area is 183 Å². The molecule has 1 aliphatic rings. The summed E-state index contributed by atoms with van der Waals surface area (Å²) in [5.41, 5.74) is 3.07. The molecule has 0 saturated carbocycles. The SMILES string of the molecule is CC[C@@H](C)[C@@H](O)C(=O)N1CCN(c2nc(-c3ccccc3)nc3cc(C)ccc23)CC1. The van der Waals surface area contributed by atoms with Gasteiger partial charge in [0.05, 0.1) is 5.52 Å². The standard InChI is InChI=1S/C25H30N4O2/c1-4-18(3)22(30)25(31)29-14-12-28(13-15-29)24-20-11-10-17(2)16-21(20)26-23(27-24)19-8-6-5-7-9-19/h5-11,16,18,22,30H,4,12-15H2,1-3H3/t18-,22-/m1/s1. The van der Waals surface area contributed by atoms with E-state index in [1.54, 1.807) is 4.90 Å². The number of nitrogens with zero attached hydrogens (tertiary/aromatic N) is 4. The number of carbonyl (C=O) groups is 1. The number of aliphatic hydroxyl groups is 1. The van der Waals surface area contributed by atoms with E-state index in [-0.39, 0.29) is 11.8 Å². The van der Waals surface area contributed by atoms with Crippen molar-refractivity contribution in [1.82, 2.24) is 14.9 Å². The van der Waals surface area contributed by atoms with Gasteiger partial charge in [-0.2, -0.15) is 0 Å². The van der Waals surface area contributed by atoms with Crippen molar-refractivity contribution in [2.75, 3.05) is 31.1 Å². The summed E-state index contributed by atoms with van der Waals surface area (Å²) >= 11 is 0. The molecule has 31 heavy (non-hydrogen) atoms. The fourth-order valence-electron chi connectivity index (χ4n) is 3.97. The van der Waals surface area contributed by atoms with Crippen molar-refractivity contribution in [2.24, 2.45) is 5.92 Å². The molecule has 1 saturated heterocycles. The lowest BCUT2D eigenvalue weighted by Crippen LogP contribution is -2.52. The number of piperazine rings is 1. The third-order valence-electron chi connectivity index (χ3n) is 6.19. The van der Waals surface area contributed by atoms with E-state index < -0.39 is 6.10 Å². The Balaban J connectivity index is 1.62. The first-order valence-electron chi connectivity index (χ1n) is 11.0. The molecule has 2 heterocycles. The van der Waals surface area contributed by atoms with Gasteiger partial charge in [-0.25, -0.2) is 9.97 Å². The van der Waals surface area contributed by atoms with Crippen LogP contribution in [0.3, 0.4) is 0 Å². The van der Waals surface area contributed by atoms with Crippen molar-refractivity contribution in [3.63, 3.8) is 0 Å². The van der Waals surface area contributed by atoms with Gasteiger partial charge in [0.15, 0.2) is 5.82 Å². The Kier molecular flexibility index (Phi) is 6.18. The van der Waals surface area contributed by atoms with E-state index in [4.69, 9.17) is 9.97 Å². The molecular formula is C25H30N4O2. The Bertz CT molecular complexity index is 1060. The number of hydrogen-bond donors (Lipinski definition) is 1. The quantitative estimate of drug-likeness (QED) is 0.685. The summed E-state index contributed by atoms with van der Waals surface area (Å²) in [5.74, 6) is 1.41. The van der Waals surface area contributed by atoms with E-state index in [0.29, 0.717) is 32.0 Å². The van der Waals surface area contributed by atoms with Gasteiger partial charge in [-0.05, 0) is 30.5 Å². The second-order valence-corrected chi connectivity index (χ2v) is 8.40. The van der Waals surface area contributed by atoms with E-state index in [1.165, 1.54) is 0 Å². The lowest BCUT2D eigenvalue weighted by atomic mass is 10.0. The number of benzene rings is 2.